The first-order valence-corrected chi connectivity index (χ1v) is 11.7. The summed E-state index contributed by atoms with van der Waals surface area (Å²) in [5.74, 6) is 7.21. The van der Waals surface area contributed by atoms with Gasteiger partial charge >= 0.3 is 0 Å². The third-order valence-corrected chi connectivity index (χ3v) is 6.64. The first-order valence-electron chi connectivity index (χ1n) is 10.2. The standard InChI is InChI=1S/C24H28O5S/c1-18(30(25,26)27)16-20(13-12-19-8-4-3-5-9-19)21-14-15-23(28-2)24(17-21)29-22-10-6-7-11-22/h3-5,8-9,14-15,17-18,20,22H,6-7,10-11,16H2,1-2H3,(H,25,26,27). The summed E-state index contributed by atoms with van der Waals surface area (Å²) in [5, 5.41) is -0.936. The molecule has 0 spiro atoms. The third kappa shape index (κ3) is 6.01. The van der Waals surface area contributed by atoms with Crippen LogP contribution in [-0.2, 0) is 10.1 Å². The Morgan fingerprint density at radius 1 is 1.10 bits per heavy atom. The van der Waals surface area contributed by atoms with Crippen molar-refractivity contribution in [2.24, 2.45) is 0 Å². The average molecular weight is 429 g/mol. The summed E-state index contributed by atoms with van der Waals surface area (Å²) in [6.45, 7) is 1.49. The topological polar surface area (TPSA) is 72.8 Å². The molecule has 160 valence electrons. The van der Waals surface area contributed by atoms with Gasteiger partial charge in [0.15, 0.2) is 11.5 Å². The number of ether oxygens (including phenoxy) is 2. The van der Waals surface area contributed by atoms with Crippen LogP contribution in [0.4, 0.5) is 0 Å². The van der Waals surface area contributed by atoms with E-state index in [1.165, 1.54) is 6.92 Å². The molecule has 30 heavy (non-hydrogen) atoms. The molecule has 6 heteroatoms. The van der Waals surface area contributed by atoms with E-state index < -0.39 is 15.4 Å². The highest BCUT2D eigenvalue weighted by Crippen LogP contribution is 2.35. The SMILES string of the molecule is COc1ccc(C(C#Cc2ccccc2)CC(C)S(=O)(=O)O)cc1OC1CCCC1. The van der Waals surface area contributed by atoms with Gasteiger partial charge in [0.2, 0.25) is 0 Å². The van der Waals surface area contributed by atoms with E-state index in [1.807, 2.05) is 48.5 Å². The van der Waals surface area contributed by atoms with Crippen LogP contribution in [0, 0.1) is 11.8 Å². The summed E-state index contributed by atoms with van der Waals surface area (Å²) in [7, 11) is -2.55. The molecule has 2 aromatic carbocycles. The predicted molar refractivity (Wildman–Crippen MR) is 118 cm³/mol. The quantitative estimate of drug-likeness (QED) is 0.506. The lowest BCUT2D eigenvalue weighted by Gasteiger charge is -2.20. The molecule has 1 N–H and O–H groups in total. The molecule has 0 aliphatic heterocycles. The number of hydrogen-bond donors (Lipinski definition) is 1. The second-order valence-electron chi connectivity index (χ2n) is 7.68. The van der Waals surface area contributed by atoms with Crippen molar-refractivity contribution in [3.63, 3.8) is 0 Å². The first kappa shape index (κ1) is 22.2. The fraction of sp³-hybridized carbons (Fsp3) is 0.417. The Morgan fingerprint density at radius 2 is 1.80 bits per heavy atom. The minimum absolute atomic E-state index is 0.166. The molecule has 0 radical (unpaired) electrons. The van der Waals surface area contributed by atoms with Gasteiger partial charge in [-0.15, -0.1) is 0 Å². The zero-order valence-corrected chi connectivity index (χ0v) is 18.2. The number of benzene rings is 2. The molecule has 1 aliphatic rings. The highest BCUT2D eigenvalue weighted by atomic mass is 32.2. The highest BCUT2D eigenvalue weighted by Gasteiger charge is 2.24. The summed E-state index contributed by atoms with van der Waals surface area (Å²) >= 11 is 0. The fourth-order valence-corrected chi connectivity index (χ4v) is 4.05. The molecule has 5 nitrogen and oxygen atoms in total. The van der Waals surface area contributed by atoms with Gasteiger partial charge < -0.3 is 9.47 Å². The van der Waals surface area contributed by atoms with Crippen molar-refractivity contribution in [2.45, 2.75) is 56.3 Å². The summed E-state index contributed by atoms with van der Waals surface area (Å²) in [5.41, 5.74) is 1.68. The van der Waals surface area contributed by atoms with Gasteiger partial charge in [0, 0.05) is 11.5 Å². The lowest BCUT2D eigenvalue weighted by atomic mass is 9.94. The van der Waals surface area contributed by atoms with E-state index in [0.717, 1.165) is 36.8 Å². The van der Waals surface area contributed by atoms with Crippen molar-refractivity contribution in [3.8, 4) is 23.3 Å². The zero-order chi connectivity index (χ0) is 21.6. The summed E-state index contributed by atoms with van der Waals surface area (Å²) in [6.07, 6.45) is 4.69. The van der Waals surface area contributed by atoms with Crippen LogP contribution in [0.15, 0.2) is 48.5 Å². The molecule has 0 aromatic heterocycles. The largest absolute Gasteiger partial charge is 0.493 e. The van der Waals surface area contributed by atoms with E-state index in [-0.39, 0.29) is 18.4 Å². The van der Waals surface area contributed by atoms with Crippen molar-refractivity contribution in [1.29, 1.82) is 0 Å². The molecule has 2 aromatic rings. The molecule has 0 amide bonds. The molecule has 2 atom stereocenters. The van der Waals surface area contributed by atoms with Crippen LogP contribution in [0.1, 0.15) is 56.1 Å². The average Bonchev–Trinajstić information content (AvgIpc) is 3.24. The van der Waals surface area contributed by atoms with Gasteiger partial charge in [0.1, 0.15) is 0 Å². The van der Waals surface area contributed by atoms with Gasteiger partial charge in [0.05, 0.1) is 18.5 Å². The van der Waals surface area contributed by atoms with Crippen LogP contribution < -0.4 is 9.47 Å². The Bertz CT molecular complexity index is 999. The van der Waals surface area contributed by atoms with Crippen LogP contribution in [-0.4, -0.2) is 31.4 Å². The lowest BCUT2D eigenvalue weighted by Crippen LogP contribution is -2.19. The minimum Gasteiger partial charge on any atom is -0.493 e. The Balaban J connectivity index is 1.94. The normalized spacial score (nSPS) is 16.4. The molecule has 0 bridgehead atoms. The Labute approximate surface area is 179 Å². The molecular formula is C24H28O5S. The van der Waals surface area contributed by atoms with Crippen molar-refractivity contribution >= 4 is 10.1 Å². The Morgan fingerprint density at radius 3 is 2.43 bits per heavy atom. The first-order chi connectivity index (χ1) is 14.4. The molecule has 1 fully saturated rings. The maximum absolute atomic E-state index is 11.6. The molecule has 0 heterocycles. The van der Waals surface area contributed by atoms with E-state index in [2.05, 4.69) is 11.8 Å². The van der Waals surface area contributed by atoms with Crippen LogP contribution in [0.3, 0.4) is 0 Å². The van der Waals surface area contributed by atoms with Crippen LogP contribution in [0.25, 0.3) is 0 Å². The van der Waals surface area contributed by atoms with Gasteiger partial charge in [-0.3, -0.25) is 4.55 Å². The van der Waals surface area contributed by atoms with Crippen molar-refractivity contribution < 1.29 is 22.4 Å². The smallest absolute Gasteiger partial charge is 0.267 e. The van der Waals surface area contributed by atoms with Gasteiger partial charge in [-0.2, -0.15) is 8.42 Å². The van der Waals surface area contributed by atoms with E-state index in [4.69, 9.17) is 9.47 Å². The summed E-state index contributed by atoms with van der Waals surface area (Å²) < 4.78 is 44.4. The lowest BCUT2D eigenvalue weighted by molar-refractivity contribution is 0.200. The van der Waals surface area contributed by atoms with Gasteiger partial charge in [0.25, 0.3) is 10.1 Å². The van der Waals surface area contributed by atoms with Gasteiger partial charge in [-0.05, 0) is 68.9 Å². The van der Waals surface area contributed by atoms with Crippen molar-refractivity contribution in [2.75, 3.05) is 7.11 Å². The van der Waals surface area contributed by atoms with Crippen LogP contribution >= 0.6 is 0 Å². The number of rotatable bonds is 7. The number of hydrogen-bond acceptors (Lipinski definition) is 4. The zero-order valence-electron chi connectivity index (χ0n) is 17.4. The second kappa shape index (κ2) is 10.0. The van der Waals surface area contributed by atoms with Gasteiger partial charge in [-0.25, -0.2) is 0 Å². The monoisotopic (exact) mass is 428 g/mol. The number of methoxy groups -OCH3 is 1. The highest BCUT2D eigenvalue weighted by molar-refractivity contribution is 7.86. The van der Waals surface area contributed by atoms with Crippen LogP contribution in [0.2, 0.25) is 0 Å². The van der Waals surface area contributed by atoms with Gasteiger partial charge in [-0.1, -0.05) is 36.1 Å². The molecule has 1 aliphatic carbocycles. The Kier molecular flexibility index (Phi) is 7.41. The van der Waals surface area contributed by atoms with Crippen molar-refractivity contribution in [3.05, 3.63) is 59.7 Å². The molecule has 2 unspecified atom stereocenters. The summed E-state index contributed by atoms with van der Waals surface area (Å²) in [4.78, 5) is 0. The van der Waals surface area contributed by atoms with E-state index in [0.29, 0.717) is 11.5 Å². The molecule has 0 saturated heterocycles. The summed E-state index contributed by atoms with van der Waals surface area (Å²) in [6, 6.07) is 15.1. The fourth-order valence-electron chi connectivity index (χ4n) is 3.61. The van der Waals surface area contributed by atoms with Crippen molar-refractivity contribution in [1.82, 2.24) is 0 Å². The maximum Gasteiger partial charge on any atom is 0.267 e. The van der Waals surface area contributed by atoms with E-state index in [1.54, 1.807) is 7.11 Å². The van der Waals surface area contributed by atoms with Crippen LogP contribution in [0.5, 0.6) is 11.5 Å². The minimum atomic E-state index is -4.15. The molecule has 1 saturated carbocycles. The Hall–Kier alpha value is -2.49. The third-order valence-electron chi connectivity index (χ3n) is 5.43. The second-order valence-corrected chi connectivity index (χ2v) is 9.52. The van der Waals surface area contributed by atoms with E-state index >= 15 is 0 Å². The predicted octanol–water partition coefficient (Wildman–Crippen LogP) is 4.82. The van der Waals surface area contributed by atoms with E-state index in [9.17, 15) is 13.0 Å². The maximum atomic E-state index is 11.6. The molecular weight excluding hydrogens is 400 g/mol. The molecule has 3 rings (SSSR count).